The molecule has 0 radical (unpaired) electrons. The second-order valence-electron chi connectivity index (χ2n) is 3.67. The molecular weight excluding hydrogens is 170 g/mol. The van der Waals surface area contributed by atoms with Gasteiger partial charge in [0.1, 0.15) is 0 Å². The molecule has 74 valence electrons. The largest absolute Gasteiger partial charge is 0.359 e. The Morgan fingerprint density at radius 1 is 1.36 bits per heavy atom. The highest BCUT2D eigenvalue weighted by Gasteiger charge is 1.92. The molecule has 0 amide bonds. The number of hydrogen-bond donors (Lipinski definition) is 1. The van der Waals surface area contributed by atoms with E-state index in [1.807, 2.05) is 26.0 Å². The Balaban J connectivity index is 2.74. The zero-order chi connectivity index (χ0) is 10.6. The summed E-state index contributed by atoms with van der Waals surface area (Å²) < 4.78 is 0. The van der Waals surface area contributed by atoms with Crippen LogP contribution in [0.2, 0.25) is 0 Å². The highest BCUT2D eigenvalue weighted by molar-refractivity contribution is 5.50. The van der Waals surface area contributed by atoms with Gasteiger partial charge in [0.25, 0.3) is 0 Å². The molecule has 1 N–H and O–H groups in total. The molecule has 0 spiro atoms. The minimum atomic E-state index is 1.06. The Labute approximate surface area is 86.2 Å². The first-order valence-corrected chi connectivity index (χ1v) is 4.75. The van der Waals surface area contributed by atoms with Crippen molar-refractivity contribution in [2.75, 3.05) is 5.32 Å². The molecule has 0 saturated heterocycles. The lowest BCUT2D eigenvalue weighted by atomic mass is 10.2. The number of hydrogen-bond acceptors (Lipinski definition) is 1. The minimum absolute atomic E-state index is 1.06. The van der Waals surface area contributed by atoms with E-state index in [4.69, 9.17) is 0 Å². The van der Waals surface area contributed by atoms with Crippen LogP contribution in [0.25, 0.3) is 0 Å². The molecule has 1 aromatic carbocycles. The summed E-state index contributed by atoms with van der Waals surface area (Å²) in [5.41, 5.74) is 4.56. The second kappa shape index (κ2) is 4.66. The quantitative estimate of drug-likeness (QED) is 0.708. The van der Waals surface area contributed by atoms with Gasteiger partial charge in [0.05, 0.1) is 0 Å². The predicted octanol–water partition coefficient (Wildman–Crippen LogP) is 3.89. The lowest BCUT2D eigenvalue weighted by molar-refractivity contribution is 1.33. The minimum Gasteiger partial charge on any atom is -0.359 e. The van der Waals surface area contributed by atoms with Crippen molar-refractivity contribution in [3.63, 3.8) is 0 Å². The van der Waals surface area contributed by atoms with Crippen molar-refractivity contribution in [1.29, 1.82) is 0 Å². The summed E-state index contributed by atoms with van der Waals surface area (Å²) in [4.78, 5) is 0. The van der Waals surface area contributed by atoms with Gasteiger partial charge < -0.3 is 5.32 Å². The van der Waals surface area contributed by atoms with E-state index in [2.05, 4.69) is 37.0 Å². The average Bonchev–Trinajstić information content (AvgIpc) is 2.01. The van der Waals surface area contributed by atoms with Gasteiger partial charge in [-0.3, -0.25) is 0 Å². The van der Waals surface area contributed by atoms with Crippen LogP contribution in [0.15, 0.2) is 48.2 Å². The molecule has 1 heteroatoms. The van der Waals surface area contributed by atoms with Crippen molar-refractivity contribution >= 4 is 5.69 Å². The molecule has 0 aliphatic rings. The van der Waals surface area contributed by atoms with E-state index in [1.54, 1.807) is 0 Å². The van der Waals surface area contributed by atoms with Gasteiger partial charge in [-0.05, 0) is 44.5 Å². The van der Waals surface area contributed by atoms with E-state index in [0.29, 0.717) is 0 Å². The Bertz CT molecular complexity index is 361. The van der Waals surface area contributed by atoms with Gasteiger partial charge in [0, 0.05) is 11.4 Å². The number of aryl methyl sites for hydroxylation is 1. The van der Waals surface area contributed by atoms with E-state index >= 15 is 0 Å². The molecule has 0 saturated carbocycles. The van der Waals surface area contributed by atoms with Crippen molar-refractivity contribution < 1.29 is 0 Å². The van der Waals surface area contributed by atoms with E-state index in [9.17, 15) is 0 Å². The topological polar surface area (TPSA) is 12.0 Å². The van der Waals surface area contributed by atoms with Crippen LogP contribution >= 0.6 is 0 Å². The Kier molecular flexibility index (Phi) is 3.52. The number of rotatable bonds is 3. The maximum absolute atomic E-state index is 3.84. The summed E-state index contributed by atoms with van der Waals surface area (Å²) >= 11 is 0. The standard InChI is InChI=1S/C13H17N/c1-10(2)8-12(4)14-13-7-5-6-11(3)9-13/h5-9,14H,1H2,2-4H3/b12-8-. The maximum atomic E-state index is 3.84. The molecule has 0 heterocycles. The third-order valence-electron chi connectivity index (χ3n) is 1.82. The first-order valence-electron chi connectivity index (χ1n) is 4.75. The molecule has 0 aliphatic heterocycles. The van der Waals surface area contributed by atoms with Crippen LogP contribution in [-0.4, -0.2) is 0 Å². The van der Waals surface area contributed by atoms with E-state index in [1.165, 1.54) is 5.56 Å². The van der Waals surface area contributed by atoms with Crippen LogP contribution < -0.4 is 5.32 Å². The zero-order valence-electron chi connectivity index (χ0n) is 9.09. The van der Waals surface area contributed by atoms with E-state index in [-0.39, 0.29) is 0 Å². The highest BCUT2D eigenvalue weighted by atomic mass is 14.9. The molecule has 0 aromatic heterocycles. The molecule has 14 heavy (non-hydrogen) atoms. The number of allylic oxidation sites excluding steroid dienone is 3. The Morgan fingerprint density at radius 3 is 2.64 bits per heavy atom. The molecular formula is C13H17N. The number of anilines is 1. The summed E-state index contributed by atoms with van der Waals surface area (Å²) in [6.45, 7) is 9.95. The molecule has 1 rings (SSSR count). The summed E-state index contributed by atoms with van der Waals surface area (Å²) in [6, 6.07) is 8.31. The molecule has 0 aliphatic carbocycles. The first kappa shape index (κ1) is 10.6. The predicted molar refractivity (Wildman–Crippen MR) is 63.4 cm³/mol. The molecule has 0 unspecified atom stereocenters. The molecule has 0 atom stereocenters. The normalized spacial score (nSPS) is 11.2. The third kappa shape index (κ3) is 3.48. The highest BCUT2D eigenvalue weighted by Crippen LogP contribution is 2.12. The van der Waals surface area contributed by atoms with Crippen molar-refractivity contribution in [3.05, 3.63) is 53.8 Å². The lowest BCUT2D eigenvalue weighted by Gasteiger charge is -2.07. The van der Waals surface area contributed by atoms with Crippen molar-refractivity contribution in [2.45, 2.75) is 20.8 Å². The van der Waals surface area contributed by atoms with Gasteiger partial charge in [-0.1, -0.05) is 24.3 Å². The van der Waals surface area contributed by atoms with E-state index < -0.39 is 0 Å². The van der Waals surface area contributed by atoms with Gasteiger partial charge in [-0.15, -0.1) is 0 Å². The van der Waals surface area contributed by atoms with Crippen LogP contribution in [0.3, 0.4) is 0 Å². The SMILES string of the molecule is C=C(C)/C=C(/C)Nc1cccc(C)c1. The fraction of sp³-hybridized carbons (Fsp3) is 0.231. The second-order valence-corrected chi connectivity index (χ2v) is 3.67. The van der Waals surface area contributed by atoms with Crippen LogP contribution in [0.5, 0.6) is 0 Å². The molecule has 1 aromatic rings. The van der Waals surface area contributed by atoms with Gasteiger partial charge in [0.2, 0.25) is 0 Å². The van der Waals surface area contributed by atoms with Gasteiger partial charge in [-0.25, -0.2) is 0 Å². The average molecular weight is 187 g/mol. The molecule has 0 bridgehead atoms. The van der Waals surface area contributed by atoms with Crippen molar-refractivity contribution in [2.24, 2.45) is 0 Å². The third-order valence-corrected chi connectivity index (χ3v) is 1.82. The monoisotopic (exact) mass is 187 g/mol. The zero-order valence-corrected chi connectivity index (χ0v) is 9.09. The maximum Gasteiger partial charge on any atom is 0.0384 e. The van der Waals surface area contributed by atoms with Gasteiger partial charge in [-0.2, -0.15) is 0 Å². The fourth-order valence-electron chi connectivity index (χ4n) is 1.36. The molecule has 0 fully saturated rings. The summed E-state index contributed by atoms with van der Waals surface area (Å²) in [7, 11) is 0. The van der Waals surface area contributed by atoms with Gasteiger partial charge in [0.15, 0.2) is 0 Å². The van der Waals surface area contributed by atoms with Crippen LogP contribution in [-0.2, 0) is 0 Å². The van der Waals surface area contributed by atoms with Gasteiger partial charge >= 0.3 is 0 Å². The number of nitrogens with one attached hydrogen (secondary N) is 1. The Morgan fingerprint density at radius 2 is 2.07 bits per heavy atom. The summed E-state index contributed by atoms with van der Waals surface area (Å²) in [5, 5.41) is 3.31. The van der Waals surface area contributed by atoms with E-state index in [0.717, 1.165) is 17.0 Å². The molecule has 1 nitrogen and oxygen atoms in total. The summed E-state index contributed by atoms with van der Waals surface area (Å²) in [5.74, 6) is 0. The first-order chi connectivity index (χ1) is 6.58. The Hall–Kier alpha value is -1.50. The summed E-state index contributed by atoms with van der Waals surface area (Å²) in [6.07, 6.45) is 2.03. The van der Waals surface area contributed by atoms with Crippen molar-refractivity contribution in [3.8, 4) is 0 Å². The van der Waals surface area contributed by atoms with Crippen LogP contribution in [0, 0.1) is 6.92 Å². The smallest absolute Gasteiger partial charge is 0.0384 e. The van der Waals surface area contributed by atoms with Crippen LogP contribution in [0.1, 0.15) is 19.4 Å². The lowest BCUT2D eigenvalue weighted by Crippen LogP contribution is -1.95. The van der Waals surface area contributed by atoms with Crippen LogP contribution in [0.4, 0.5) is 5.69 Å². The van der Waals surface area contributed by atoms with Crippen molar-refractivity contribution in [1.82, 2.24) is 0 Å². The number of benzene rings is 1. The fourth-order valence-corrected chi connectivity index (χ4v) is 1.36.